The van der Waals surface area contributed by atoms with Gasteiger partial charge in [-0.3, -0.25) is 9.78 Å². The number of nitrogens with one attached hydrogen (secondary N) is 1. The maximum absolute atomic E-state index is 12.9. The van der Waals surface area contributed by atoms with Crippen molar-refractivity contribution in [1.82, 2.24) is 9.97 Å². The van der Waals surface area contributed by atoms with Crippen molar-refractivity contribution < 1.29 is 23.1 Å². The van der Waals surface area contributed by atoms with E-state index >= 15 is 0 Å². The largest absolute Gasteiger partial charge is 0.446 e. The minimum absolute atomic E-state index is 0.0143. The van der Waals surface area contributed by atoms with Crippen LogP contribution in [0.1, 0.15) is 22.3 Å². The summed E-state index contributed by atoms with van der Waals surface area (Å²) >= 11 is -0.229. The third-order valence-corrected chi connectivity index (χ3v) is 6.24. The van der Waals surface area contributed by atoms with Gasteiger partial charge in [0.25, 0.3) is 5.91 Å². The number of hydrogen-bond donors (Lipinski definition) is 2. The Kier molecular flexibility index (Phi) is 7.23. The molecule has 7 nitrogen and oxygen atoms in total. The lowest BCUT2D eigenvalue weighted by molar-refractivity contribution is -0.0328. The molecule has 0 radical (unpaired) electrons. The van der Waals surface area contributed by atoms with Gasteiger partial charge in [0, 0.05) is 65.9 Å². The number of pyridine rings is 2. The number of aliphatic hydroxyl groups excluding tert-OH is 1. The van der Waals surface area contributed by atoms with Gasteiger partial charge in [0.15, 0.2) is 0 Å². The molecule has 35 heavy (non-hydrogen) atoms. The lowest BCUT2D eigenvalue weighted by Crippen LogP contribution is -2.23. The quantitative estimate of drug-likeness (QED) is 0.474. The minimum Gasteiger partial charge on any atom is -0.396 e. The molecular weight excluding hydrogens is 479 g/mol. The maximum atomic E-state index is 12.9. The highest BCUT2D eigenvalue weighted by Crippen LogP contribution is 2.37. The molecular formula is C24H20F3N5O2S. The monoisotopic (exact) mass is 499 g/mol. The predicted molar refractivity (Wildman–Crippen MR) is 126 cm³/mol. The molecule has 3 aromatic rings. The fourth-order valence-electron chi connectivity index (χ4n) is 3.81. The van der Waals surface area contributed by atoms with Crippen LogP contribution in [-0.2, 0) is 0 Å². The second-order valence-electron chi connectivity index (χ2n) is 7.98. The van der Waals surface area contributed by atoms with Crippen LogP contribution in [0.5, 0.6) is 0 Å². The van der Waals surface area contributed by atoms with Gasteiger partial charge >= 0.3 is 5.51 Å². The number of benzene rings is 1. The normalized spacial score (nSPS) is 15.6. The first kappa shape index (κ1) is 24.5. The number of halogens is 3. The zero-order valence-corrected chi connectivity index (χ0v) is 19.1. The van der Waals surface area contributed by atoms with Crippen LogP contribution >= 0.6 is 11.8 Å². The Morgan fingerprint density at radius 3 is 2.66 bits per heavy atom. The number of hydrogen-bond acceptors (Lipinski definition) is 7. The highest BCUT2D eigenvalue weighted by atomic mass is 32.2. The smallest absolute Gasteiger partial charge is 0.396 e. The highest BCUT2D eigenvalue weighted by molar-refractivity contribution is 8.00. The van der Waals surface area contributed by atoms with Crippen molar-refractivity contribution in [3.63, 3.8) is 0 Å². The van der Waals surface area contributed by atoms with Crippen molar-refractivity contribution in [1.29, 1.82) is 5.26 Å². The number of carbonyl (C=O) groups excluding carboxylic acids is 1. The number of aliphatic hydroxyl groups is 1. The molecule has 1 atom stereocenters. The number of amides is 1. The van der Waals surface area contributed by atoms with E-state index in [9.17, 15) is 28.3 Å². The van der Waals surface area contributed by atoms with Gasteiger partial charge in [-0.2, -0.15) is 18.4 Å². The number of carbonyl (C=O) groups is 1. The van der Waals surface area contributed by atoms with Crippen LogP contribution in [0.15, 0.2) is 59.9 Å². The summed E-state index contributed by atoms with van der Waals surface area (Å²) in [5.74, 6) is 0.248. The third kappa shape index (κ3) is 6.09. The molecule has 0 unspecified atom stereocenters. The number of thioether (sulfide) groups is 1. The Balaban J connectivity index is 1.62. The zero-order chi connectivity index (χ0) is 25.0. The van der Waals surface area contributed by atoms with Crippen LogP contribution < -0.4 is 10.2 Å². The molecule has 4 rings (SSSR count). The van der Waals surface area contributed by atoms with Crippen molar-refractivity contribution >= 4 is 29.2 Å². The molecule has 11 heteroatoms. The Morgan fingerprint density at radius 1 is 1.23 bits per heavy atom. The SMILES string of the molecule is N#Cc1cncc(-c2cc(C(=O)Nc3ccc(SC(F)(F)F)cc3)cnc2N2CC[C@H](CO)C2)c1. The summed E-state index contributed by atoms with van der Waals surface area (Å²) in [6.45, 7) is 1.36. The highest BCUT2D eigenvalue weighted by Gasteiger charge is 2.29. The first-order chi connectivity index (χ1) is 16.8. The molecule has 0 bridgehead atoms. The summed E-state index contributed by atoms with van der Waals surface area (Å²) in [4.78, 5) is 23.6. The lowest BCUT2D eigenvalue weighted by atomic mass is 10.0. The molecule has 0 spiro atoms. The molecule has 0 aliphatic carbocycles. The Labute approximate surface area is 203 Å². The van der Waals surface area contributed by atoms with E-state index in [2.05, 4.69) is 15.3 Å². The summed E-state index contributed by atoms with van der Waals surface area (Å²) in [6, 6.07) is 10.7. The van der Waals surface area contributed by atoms with Gasteiger partial charge in [-0.15, -0.1) is 0 Å². The second-order valence-corrected chi connectivity index (χ2v) is 9.12. The van der Waals surface area contributed by atoms with Crippen molar-refractivity contribution in [2.24, 2.45) is 5.92 Å². The van der Waals surface area contributed by atoms with Gasteiger partial charge in [0.05, 0.1) is 11.1 Å². The Bertz CT molecular complexity index is 1260. The van der Waals surface area contributed by atoms with Crippen molar-refractivity contribution in [2.45, 2.75) is 16.8 Å². The van der Waals surface area contributed by atoms with Crippen molar-refractivity contribution in [3.8, 4) is 17.2 Å². The zero-order valence-electron chi connectivity index (χ0n) is 18.3. The summed E-state index contributed by atoms with van der Waals surface area (Å²) in [7, 11) is 0. The maximum Gasteiger partial charge on any atom is 0.446 e. The van der Waals surface area contributed by atoms with E-state index in [-0.39, 0.29) is 34.7 Å². The molecule has 1 aromatic carbocycles. The van der Waals surface area contributed by atoms with Crippen LogP contribution in [0.4, 0.5) is 24.7 Å². The second kappa shape index (κ2) is 10.3. The van der Waals surface area contributed by atoms with E-state index in [1.807, 2.05) is 11.0 Å². The molecule has 180 valence electrons. The summed E-state index contributed by atoms with van der Waals surface area (Å²) in [5, 5.41) is 21.5. The first-order valence-corrected chi connectivity index (χ1v) is 11.5. The molecule has 1 aliphatic rings. The number of alkyl halides is 3. The number of nitriles is 1. The molecule has 1 saturated heterocycles. The predicted octanol–water partition coefficient (Wildman–Crippen LogP) is 4.70. The fraction of sp³-hybridized carbons (Fsp3) is 0.250. The van der Waals surface area contributed by atoms with Crippen LogP contribution in [0.3, 0.4) is 0 Å². The van der Waals surface area contributed by atoms with Gasteiger partial charge in [0.1, 0.15) is 11.9 Å². The van der Waals surface area contributed by atoms with E-state index in [0.717, 1.165) is 6.42 Å². The minimum atomic E-state index is -4.39. The summed E-state index contributed by atoms with van der Waals surface area (Å²) < 4.78 is 37.6. The average molecular weight is 500 g/mol. The molecule has 2 N–H and O–H groups in total. The number of nitrogens with zero attached hydrogens (tertiary/aromatic N) is 4. The van der Waals surface area contributed by atoms with E-state index < -0.39 is 11.4 Å². The molecule has 1 aliphatic heterocycles. The van der Waals surface area contributed by atoms with E-state index in [1.165, 1.54) is 36.7 Å². The molecule has 3 heterocycles. The molecule has 2 aromatic heterocycles. The number of aromatic nitrogens is 2. The fourth-order valence-corrected chi connectivity index (χ4v) is 4.35. The van der Waals surface area contributed by atoms with Gasteiger partial charge in [-0.1, -0.05) is 0 Å². The Morgan fingerprint density at radius 2 is 2.00 bits per heavy atom. The van der Waals surface area contributed by atoms with Gasteiger partial charge < -0.3 is 15.3 Å². The van der Waals surface area contributed by atoms with Crippen LogP contribution in [0, 0.1) is 17.2 Å². The van der Waals surface area contributed by atoms with E-state index in [0.29, 0.717) is 41.3 Å². The van der Waals surface area contributed by atoms with Crippen LogP contribution in [-0.4, -0.2) is 46.2 Å². The average Bonchev–Trinajstić information content (AvgIpc) is 3.33. The van der Waals surface area contributed by atoms with Crippen LogP contribution in [0.2, 0.25) is 0 Å². The third-order valence-electron chi connectivity index (χ3n) is 5.50. The van der Waals surface area contributed by atoms with Crippen molar-refractivity contribution in [2.75, 3.05) is 29.9 Å². The summed E-state index contributed by atoms with van der Waals surface area (Å²) in [6.07, 6.45) is 5.25. The van der Waals surface area contributed by atoms with Crippen LogP contribution in [0.25, 0.3) is 11.1 Å². The first-order valence-electron chi connectivity index (χ1n) is 10.6. The van der Waals surface area contributed by atoms with Gasteiger partial charge in [0.2, 0.25) is 0 Å². The van der Waals surface area contributed by atoms with Gasteiger partial charge in [-0.25, -0.2) is 4.98 Å². The lowest BCUT2D eigenvalue weighted by Gasteiger charge is -2.21. The standard InChI is InChI=1S/C24H20F3N5O2S/c25-24(26,27)35-20-3-1-19(2-4-20)31-23(34)18-8-21(17-7-16(9-28)10-29-11-17)22(30-12-18)32-6-5-15(13-32)14-33/h1-4,7-8,10-12,15,33H,5-6,13-14H2,(H,31,34)/t15-/m0/s1. The number of anilines is 2. The van der Waals surface area contributed by atoms with Gasteiger partial charge in [-0.05, 0) is 54.6 Å². The topological polar surface area (TPSA) is 102 Å². The Hall–Kier alpha value is -3.62. The number of rotatable bonds is 6. The van der Waals surface area contributed by atoms with Crippen molar-refractivity contribution in [3.05, 3.63) is 66.1 Å². The molecule has 1 fully saturated rings. The molecule has 1 amide bonds. The summed E-state index contributed by atoms with van der Waals surface area (Å²) in [5.41, 5.74) is -2.24. The van der Waals surface area contributed by atoms with E-state index in [1.54, 1.807) is 18.3 Å². The van der Waals surface area contributed by atoms with E-state index in [4.69, 9.17) is 0 Å². The molecule has 0 saturated carbocycles.